The third kappa shape index (κ3) is 11.4. The van der Waals surface area contributed by atoms with Gasteiger partial charge >= 0.3 is 0 Å². The Kier molecular flexibility index (Phi) is 13.9. The standard InChI is InChI=1S/C43H59N7O3.C3H8O2/c1-43(2,3)32-12-15-37(44)38(22-32)48-40(51)16-10-29-19-34(20-29)49(25-28-7-6-8-28)26-30-9-13-33(21-30)50-18-17-36-41(46-27-47-42(36)50)45-24-31-11-14-35(52-4)23-39(31)53-5;1-3(2,4)5/h11-12,14-15,17-18,22-23,27-30,33-34H,6-10,13,16,19-21,24-26,44H2,1-5H3,(H,48,51)(H,45,46,47);4-5H,1-2H3. The Labute approximate surface area is 344 Å². The summed E-state index contributed by atoms with van der Waals surface area (Å²) < 4.78 is 13.4. The fourth-order valence-electron chi connectivity index (χ4n) is 8.68. The average Bonchev–Trinajstić information content (AvgIpc) is 3.78. The summed E-state index contributed by atoms with van der Waals surface area (Å²) in [7, 11) is 3.34. The fraction of sp³-hybridized carbons (Fsp3) is 0.587. The number of carbonyl (C=O) groups excluding carboxylic acids is 1. The van der Waals surface area contributed by atoms with Gasteiger partial charge in [-0.1, -0.05) is 33.3 Å². The number of methoxy groups -OCH3 is 2. The van der Waals surface area contributed by atoms with Crippen molar-refractivity contribution in [2.24, 2.45) is 17.8 Å². The SMILES string of the molecule is CC(C)(O)O.COc1ccc(CNc2ncnc3c2ccn3C2CCC(CN(CC3CCC3)C3CC(CCC(=O)Nc4cc(C(C)(C)C)ccc4N)C3)C2)c(OC)c1. The van der Waals surface area contributed by atoms with Gasteiger partial charge < -0.3 is 40.6 Å². The van der Waals surface area contributed by atoms with Crippen molar-refractivity contribution in [3.63, 3.8) is 0 Å². The monoisotopic (exact) mass is 798 g/mol. The van der Waals surface area contributed by atoms with Crippen LogP contribution in [0.4, 0.5) is 17.2 Å². The zero-order valence-electron chi connectivity index (χ0n) is 35.8. The molecular weight excluding hydrogens is 731 g/mol. The van der Waals surface area contributed by atoms with Crippen molar-refractivity contribution < 1.29 is 24.5 Å². The quantitative estimate of drug-likeness (QED) is 0.0585. The van der Waals surface area contributed by atoms with Gasteiger partial charge in [0, 0.05) is 56.0 Å². The van der Waals surface area contributed by atoms with E-state index < -0.39 is 5.79 Å². The molecule has 12 heteroatoms. The van der Waals surface area contributed by atoms with Gasteiger partial charge in [0.15, 0.2) is 5.79 Å². The summed E-state index contributed by atoms with van der Waals surface area (Å²) in [6.07, 6.45) is 15.5. The fourth-order valence-corrected chi connectivity index (χ4v) is 8.68. The van der Waals surface area contributed by atoms with Crippen LogP contribution in [0.25, 0.3) is 11.0 Å². The van der Waals surface area contributed by atoms with Gasteiger partial charge in [-0.3, -0.25) is 9.69 Å². The molecular formula is C46H67N7O5. The number of nitrogens with two attached hydrogens (primary N) is 1. The Bertz CT molecular complexity index is 1970. The van der Waals surface area contributed by atoms with Crippen LogP contribution in [0.2, 0.25) is 0 Å². The molecule has 0 spiro atoms. The van der Waals surface area contributed by atoms with Gasteiger partial charge in [-0.25, -0.2) is 9.97 Å². The summed E-state index contributed by atoms with van der Waals surface area (Å²) in [5.41, 5.74) is 10.8. The topological polar surface area (TPSA) is 160 Å². The van der Waals surface area contributed by atoms with Crippen molar-refractivity contribution in [3.8, 4) is 11.5 Å². The zero-order chi connectivity index (χ0) is 41.6. The van der Waals surface area contributed by atoms with Gasteiger partial charge in [-0.05, 0) is 124 Å². The first-order chi connectivity index (χ1) is 27.6. The largest absolute Gasteiger partial charge is 0.497 e. The number of ether oxygens (including phenoxy) is 2. The Balaban J connectivity index is 0.00000107. The molecule has 3 aliphatic carbocycles. The van der Waals surface area contributed by atoms with Crippen LogP contribution >= 0.6 is 0 Å². The Morgan fingerprint density at radius 2 is 1.66 bits per heavy atom. The third-order valence-corrected chi connectivity index (χ3v) is 12.3. The predicted octanol–water partition coefficient (Wildman–Crippen LogP) is 8.29. The molecule has 0 aliphatic heterocycles. The smallest absolute Gasteiger partial charge is 0.224 e. The summed E-state index contributed by atoms with van der Waals surface area (Å²) in [4.78, 5) is 25.2. The van der Waals surface area contributed by atoms with Gasteiger partial charge in [-0.2, -0.15) is 0 Å². The number of hydrogen-bond acceptors (Lipinski definition) is 10. The molecule has 0 bridgehead atoms. The highest BCUT2D eigenvalue weighted by molar-refractivity contribution is 5.94. The van der Waals surface area contributed by atoms with E-state index >= 15 is 0 Å². The molecule has 12 nitrogen and oxygen atoms in total. The van der Waals surface area contributed by atoms with E-state index in [-0.39, 0.29) is 11.3 Å². The molecule has 316 valence electrons. The normalized spacial score (nSPS) is 20.9. The molecule has 2 heterocycles. The summed E-state index contributed by atoms with van der Waals surface area (Å²) in [5.74, 6) is 3.10. The van der Waals surface area contributed by atoms with Crippen molar-refractivity contribution in [2.75, 3.05) is 43.7 Å². The van der Waals surface area contributed by atoms with Gasteiger partial charge in [0.05, 0.1) is 31.0 Å². The molecule has 2 atom stereocenters. The summed E-state index contributed by atoms with van der Waals surface area (Å²) in [5, 5.41) is 23.8. The molecule has 2 aromatic heterocycles. The van der Waals surface area contributed by atoms with Gasteiger partial charge in [0.2, 0.25) is 5.91 Å². The lowest BCUT2D eigenvalue weighted by Gasteiger charge is -2.46. The average molecular weight is 798 g/mol. The molecule has 58 heavy (non-hydrogen) atoms. The van der Waals surface area contributed by atoms with E-state index in [0.29, 0.717) is 42.6 Å². The highest BCUT2D eigenvalue weighted by atomic mass is 16.5. The van der Waals surface area contributed by atoms with Crippen LogP contribution in [0.5, 0.6) is 11.5 Å². The second-order valence-corrected chi connectivity index (χ2v) is 18.4. The van der Waals surface area contributed by atoms with E-state index in [2.05, 4.69) is 64.2 Å². The predicted molar refractivity (Wildman–Crippen MR) is 232 cm³/mol. The number of amides is 1. The molecule has 2 unspecified atom stereocenters. The maximum atomic E-state index is 13.0. The number of benzene rings is 2. The lowest BCUT2D eigenvalue weighted by molar-refractivity contribution is -0.127. The van der Waals surface area contributed by atoms with Crippen LogP contribution in [0.15, 0.2) is 55.0 Å². The molecule has 2 aromatic carbocycles. The van der Waals surface area contributed by atoms with Gasteiger partial charge in [-0.15, -0.1) is 0 Å². The number of aromatic nitrogens is 3. The Hall–Kier alpha value is -4.39. The number of carbonyl (C=O) groups is 1. The first-order valence-corrected chi connectivity index (χ1v) is 21.2. The van der Waals surface area contributed by atoms with E-state index in [9.17, 15) is 4.79 Å². The minimum atomic E-state index is -1.50. The molecule has 6 N–H and O–H groups in total. The summed E-state index contributed by atoms with van der Waals surface area (Å²) in [6, 6.07) is 15.1. The second-order valence-electron chi connectivity index (χ2n) is 18.4. The van der Waals surface area contributed by atoms with E-state index in [1.165, 1.54) is 83.9 Å². The van der Waals surface area contributed by atoms with Crippen molar-refractivity contribution in [2.45, 2.75) is 129 Å². The minimum absolute atomic E-state index is 0.00121. The zero-order valence-corrected chi connectivity index (χ0v) is 35.8. The van der Waals surface area contributed by atoms with Gasteiger partial charge in [0.25, 0.3) is 0 Å². The number of nitrogens with zero attached hydrogens (tertiary/aromatic N) is 4. The summed E-state index contributed by atoms with van der Waals surface area (Å²) >= 11 is 0. The Morgan fingerprint density at radius 3 is 2.33 bits per heavy atom. The molecule has 1 amide bonds. The molecule has 3 saturated carbocycles. The van der Waals surface area contributed by atoms with Crippen molar-refractivity contribution in [1.82, 2.24) is 19.4 Å². The Morgan fingerprint density at radius 1 is 0.914 bits per heavy atom. The van der Waals surface area contributed by atoms with E-state index in [1.54, 1.807) is 20.5 Å². The number of anilines is 3. The van der Waals surface area contributed by atoms with E-state index in [0.717, 1.165) is 51.9 Å². The molecule has 4 aromatic rings. The molecule has 3 fully saturated rings. The lowest BCUT2D eigenvalue weighted by atomic mass is 9.75. The van der Waals surface area contributed by atoms with Crippen LogP contribution in [0, 0.1) is 17.8 Å². The highest BCUT2D eigenvalue weighted by Gasteiger charge is 2.38. The molecule has 3 aliphatic rings. The lowest BCUT2D eigenvalue weighted by Crippen LogP contribution is -2.49. The molecule has 0 radical (unpaired) electrons. The van der Waals surface area contributed by atoms with Crippen molar-refractivity contribution in [3.05, 3.63) is 66.1 Å². The number of aliphatic hydroxyl groups is 2. The van der Waals surface area contributed by atoms with Gasteiger partial charge in [0.1, 0.15) is 29.3 Å². The van der Waals surface area contributed by atoms with Crippen molar-refractivity contribution >= 4 is 34.1 Å². The number of fused-ring (bicyclic) bond motifs is 1. The maximum absolute atomic E-state index is 13.0. The number of hydrogen-bond donors (Lipinski definition) is 5. The summed E-state index contributed by atoms with van der Waals surface area (Å²) in [6.45, 7) is 12.1. The van der Waals surface area contributed by atoms with Crippen LogP contribution < -0.4 is 25.8 Å². The minimum Gasteiger partial charge on any atom is -0.497 e. The van der Waals surface area contributed by atoms with E-state index in [4.69, 9.17) is 30.4 Å². The van der Waals surface area contributed by atoms with Crippen molar-refractivity contribution in [1.29, 1.82) is 0 Å². The first kappa shape index (κ1) is 43.2. The van der Waals surface area contributed by atoms with Crippen LogP contribution in [-0.4, -0.2) is 74.7 Å². The van der Waals surface area contributed by atoms with E-state index in [1.807, 2.05) is 30.3 Å². The van der Waals surface area contributed by atoms with Crippen LogP contribution in [0.3, 0.4) is 0 Å². The van der Waals surface area contributed by atoms with Crippen LogP contribution in [0.1, 0.15) is 116 Å². The number of rotatable bonds is 15. The molecule has 7 rings (SSSR count). The highest BCUT2D eigenvalue weighted by Crippen LogP contribution is 2.42. The van der Waals surface area contributed by atoms with Crippen LogP contribution in [-0.2, 0) is 16.8 Å². The maximum Gasteiger partial charge on any atom is 0.224 e. The molecule has 0 saturated heterocycles. The number of nitrogens with one attached hydrogen (secondary N) is 2. The third-order valence-electron chi connectivity index (χ3n) is 12.3. The first-order valence-electron chi connectivity index (χ1n) is 21.2. The number of nitrogen functional groups attached to an aromatic ring is 1. The second kappa shape index (κ2) is 18.7.